The summed E-state index contributed by atoms with van der Waals surface area (Å²) in [5, 5.41) is 0. The van der Waals surface area contributed by atoms with Gasteiger partial charge in [0, 0.05) is 23.7 Å². The summed E-state index contributed by atoms with van der Waals surface area (Å²) in [6.07, 6.45) is 2.76. The van der Waals surface area contributed by atoms with E-state index in [2.05, 4.69) is 23.2 Å². The molecule has 3 heterocycles. The minimum absolute atomic E-state index is 0.594. The summed E-state index contributed by atoms with van der Waals surface area (Å²) in [5.41, 5.74) is 7.85. The molecule has 1 aromatic carbocycles. The molecule has 0 N–H and O–H groups in total. The van der Waals surface area contributed by atoms with Crippen LogP contribution in [0.3, 0.4) is 0 Å². The van der Waals surface area contributed by atoms with Crippen LogP contribution in [0.15, 0.2) is 48.7 Å². The zero-order chi connectivity index (χ0) is 13.8. The molecule has 21 heavy (non-hydrogen) atoms. The Bertz CT molecular complexity index is 886. The molecule has 5 rings (SSSR count). The van der Waals surface area contributed by atoms with Crippen molar-refractivity contribution in [1.82, 2.24) is 9.97 Å². The number of pyridine rings is 2. The van der Waals surface area contributed by atoms with E-state index < -0.39 is 0 Å². The summed E-state index contributed by atoms with van der Waals surface area (Å²) in [4.78, 5) is 9.45. The van der Waals surface area contributed by atoms with Gasteiger partial charge in [0.2, 0.25) is 0 Å². The van der Waals surface area contributed by atoms with Gasteiger partial charge in [-0.25, -0.2) is 4.98 Å². The lowest BCUT2D eigenvalue weighted by Gasteiger charge is -2.20. The van der Waals surface area contributed by atoms with Crippen LogP contribution in [0.5, 0.6) is 5.75 Å². The van der Waals surface area contributed by atoms with Gasteiger partial charge in [-0.15, -0.1) is 0 Å². The van der Waals surface area contributed by atoms with E-state index in [9.17, 15) is 0 Å². The number of para-hydroxylation sites is 1. The number of fused-ring (bicyclic) bond motifs is 6. The van der Waals surface area contributed by atoms with Gasteiger partial charge in [-0.3, -0.25) is 4.98 Å². The average molecular weight is 272 g/mol. The Morgan fingerprint density at radius 1 is 0.857 bits per heavy atom. The molecular weight excluding hydrogens is 260 g/mol. The number of benzene rings is 1. The van der Waals surface area contributed by atoms with Gasteiger partial charge in [-0.2, -0.15) is 0 Å². The van der Waals surface area contributed by atoms with Crippen LogP contribution in [-0.4, -0.2) is 9.97 Å². The fourth-order valence-electron chi connectivity index (χ4n) is 3.23. The van der Waals surface area contributed by atoms with E-state index in [1.807, 2.05) is 30.5 Å². The molecule has 3 heteroatoms. The molecular formula is C18H12N2O. The summed E-state index contributed by atoms with van der Waals surface area (Å²) < 4.78 is 5.83. The molecule has 100 valence electrons. The highest BCUT2D eigenvalue weighted by molar-refractivity contribution is 5.78. The molecule has 0 unspecified atom stereocenters. The minimum Gasteiger partial charge on any atom is -0.488 e. The van der Waals surface area contributed by atoms with Crippen LogP contribution in [0, 0.1) is 0 Å². The lowest BCUT2D eigenvalue weighted by molar-refractivity contribution is 0.301. The van der Waals surface area contributed by atoms with Gasteiger partial charge in [-0.1, -0.05) is 18.2 Å². The molecule has 1 aliphatic heterocycles. The third kappa shape index (κ3) is 1.49. The minimum atomic E-state index is 0.594. The maximum absolute atomic E-state index is 5.83. The van der Waals surface area contributed by atoms with Crippen LogP contribution in [0.4, 0.5) is 0 Å². The number of ether oxygens (including phenoxy) is 1. The molecule has 2 aliphatic rings. The molecule has 0 bridgehead atoms. The Morgan fingerprint density at radius 2 is 1.81 bits per heavy atom. The van der Waals surface area contributed by atoms with Gasteiger partial charge >= 0.3 is 0 Å². The van der Waals surface area contributed by atoms with E-state index >= 15 is 0 Å². The monoisotopic (exact) mass is 272 g/mol. The number of aromatic nitrogens is 2. The van der Waals surface area contributed by atoms with Crippen molar-refractivity contribution < 1.29 is 4.74 Å². The Balaban J connectivity index is 1.78. The lowest BCUT2D eigenvalue weighted by atomic mass is 10.00. The van der Waals surface area contributed by atoms with E-state index in [1.165, 1.54) is 16.7 Å². The fraction of sp³-hybridized carbons (Fsp3) is 0.111. The predicted octanol–water partition coefficient (Wildman–Crippen LogP) is 3.61. The Morgan fingerprint density at radius 3 is 2.81 bits per heavy atom. The molecule has 0 atom stereocenters. The first-order valence-electron chi connectivity index (χ1n) is 7.09. The van der Waals surface area contributed by atoms with Crippen molar-refractivity contribution in [2.24, 2.45) is 0 Å². The highest BCUT2D eigenvalue weighted by Crippen LogP contribution is 2.41. The summed E-state index contributed by atoms with van der Waals surface area (Å²) in [7, 11) is 0. The maximum atomic E-state index is 5.83. The third-order valence-electron chi connectivity index (χ3n) is 4.20. The van der Waals surface area contributed by atoms with E-state index in [1.54, 1.807) is 0 Å². The van der Waals surface area contributed by atoms with Crippen LogP contribution < -0.4 is 4.74 Å². The largest absolute Gasteiger partial charge is 0.488 e. The van der Waals surface area contributed by atoms with E-state index in [0.29, 0.717) is 6.61 Å². The molecule has 0 saturated heterocycles. The van der Waals surface area contributed by atoms with Gasteiger partial charge in [0.25, 0.3) is 0 Å². The van der Waals surface area contributed by atoms with E-state index in [0.717, 1.165) is 34.8 Å². The van der Waals surface area contributed by atoms with Crippen LogP contribution >= 0.6 is 0 Å². The second-order valence-electron chi connectivity index (χ2n) is 5.48. The Labute approximate surface area is 122 Å². The number of hydrogen-bond acceptors (Lipinski definition) is 3. The Kier molecular flexibility index (Phi) is 2.06. The molecule has 2 aromatic heterocycles. The van der Waals surface area contributed by atoms with Gasteiger partial charge in [0.1, 0.15) is 12.4 Å². The first kappa shape index (κ1) is 11.0. The molecule has 0 spiro atoms. The third-order valence-corrected chi connectivity index (χ3v) is 4.20. The van der Waals surface area contributed by atoms with Crippen molar-refractivity contribution in [2.45, 2.75) is 13.0 Å². The Hall–Kier alpha value is -2.68. The van der Waals surface area contributed by atoms with Crippen LogP contribution in [0.25, 0.3) is 22.6 Å². The molecule has 3 aromatic rings. The maximum Gasteiger partial charge on any atom is 0.129 e. The normalized spacial score (nSPS) is 13.7. The molecule has 0 radical (unpaired) electrons. The molecule has 0 amide bonds. The standard InChI is InChI=1S/C18H12N2O/c1-2-6-15-14(5-1)16-13(10-21-15)9-12-8-11-4-3-7-19-17(11)18(12)20-16/h1-7,9H,8,10H2. The van der Waals surface area contributed by atoms with E-state index in [4.69, 9.17) is 9.72 Å². The average Bonchev–Trinajstić information content (AvgIpc) is 2.90. The van der Waals surface area contributed by atoms with Crippen molar-refractivity contribution in [2.75, 3.05) is 0 Å². The predicted molar refractivity (Wildman–Crippen MR) is 80.0 cm³/mol. The first-order chi connectivity index (χ1) is 10.4. The summed E-state index contributed by atoms with van der Waals surface area (Å²) in [5.74, 6) is 0.914. The molecule has 1 aliphatic carbocycles. The summed E-state index contributed by atoms with van der Waals surface area (Å²) >= 11 is 0. The van der Waals surface area contributed by atoms with E-state index in [-0.39, 0.29) is 0 Å². The molecule has 3 nitrogen and oxygen atoms in total. The second-order valence-corrected chi connectivity index (χ2v) is 5.48. The van der Waals surface area contributed by atoms with Crippen molar-refractivity contribution in [3.8, 4) is 28.4 Å². The number of hydrogen-bond donors (Lipinski definition) is 0. The SMILES string of the molecule is c1cnc2c(c1)Cc1cc3c(nc1-2)-c1ccccc1OC3. The zero-order valence-corrected chi connectivity index (χ0v) is 11.3. The topological polar surface area (TPSA) is 35.0 Å². The van der Waals surface area contributed by atoms with Crippen molar-refractivity contribution in [3.63, 3.8) is 0 Å². The van der Waals surface area contributed by atoms with Gasteiger partial charge in [0.15, 0.2) is 0 Å². The summed E-state index contributed by atoms with van der Waals surface area (Å²) in [6, 6.07) is 14.4. The lowest BCUT2D eigenvalue weighted by Crippen LogP contribution is -2.08. The van der Waals surface area contributed by atoms with Crippen LogP contribution in [0.1, 0.15) is 16.7 Å². The summed E-state index contributed by atoms with van der Waals surface area (Å²) in [6.45, 7) is 0.594. The second kappa shape index (κ2) is 3.92. The number of rotatable bonds is 0. The van der Waals surface area contributed by atoms with Crippen molar-refractivity contribution in [3.05, 3.63) is 65.4 Å². The highest BCUT2D eigenvalue weighted by atomic mass is 16.5. The smallest absolute Gasteiger partial charge is 0.129 e. The quantitative estimate of drug-likeness (QED) is 0.490. The number of nitrogens with zero attached hydrogens (tertiary/aromatic N) is 2. The van der Waals surface area contributed by atoms with Gasteiger partial charge in [0.05, 0.1) is 17.1 Å². The highest BCUT2D eigenvalue weighted by Gasteiger charge is 2.26. The van der Waals surface area contributed by atoms with Crippen LogP contribution in [0.2, 0.25) is 0 Å². The van der Waals surface area contributed by atoms with Crippen LogP contribution in [-0.2, 0) is 13.0 Å². The van der Waals surface area contributed by atoms with Crippen molar-refractivity contribution in [1.29, 1.82) is 0 Å². The van der Waals surface area contributed by atoms with Gasteiger partial charge in [-0.05, 0) is 35.4 Å². The van der Waals surface area contributed by atoms with Gasteiger partial charge < -0.3 is 4.74 Å². The zero-order valence-electron chi connectivity index (χ0n) is 11.3. The fourth-order valence-corrected chi connectivity index (χ4v) is 3.23. The van der Waals surface area contributed by atoms with Crippen molar-refractivity contribution >= 4 is 0 Å². The molecule has 0 saturated carbocycles. The molecule has 0 fully saturated rings. The first-order valence-corrected chi connectivity index (χ1v) is 7.09.